The van der Waals surface area contributed by atoms with Crippen molar-refractivity contribution in [1.29, 1.82) is 0 Å². The van der Waals surface area contributed by atoms with Crippen LogP contribution in [0.4, 0.5) is 0 Å². The highest BCUT2D eigenvalue weighted by Gasteiger charge is 2.31. The number of carbonyl (C=O) groups excluding carboxylic acids is 1. The second-order valence-electron chi connectivity index (χ2n) is 6.34. The van der Waals surface area contributed by atoms with Crippen molar-refractivity contribution in [3.05, 3.63) is 11.7 Å². The Morgan fingerprint density at radius 2 is 2.20 bits per heavy atom. The smallest absolute Gasteiger partial charge is 0.229 e. The number of hydrogen-bond acceptors (Lipinski definition) is 4. The molecular formula is C15H23N3O2. The lowest BCUT2D eigenvalue weighted by molar-refractivity contribution is -0.135. The van der Waals surface area contributed by atoms with Gasteiger partial charge in [-0.1, -0.05) is 19.0 Å². The molecule has 2 heterocycles. The van der Waals surface area contributed by atoms with Gasteiger partial charge in [-0.25, -0.2) is 0 Å². The van der Waals surface area contributed by atoms with Crippen molar-refractivity contribution >= 4 is 5.91 Å². The van der Waals surface area contributed by atoms with Gasteiger partial charge in [0.05, 0.1) is 0 Å². The molecule has 1 saturated heterocycles. The summed E-state index contributed by atoms with van der Waals surface area (Å²) in [7, 11) is 0. The molecule has 2 fully saturated rings. The van der Waals surface area contributed by atoms with Crippen LogP contribution in [0.3, 0.4) is 0 Å². The van der Waals surface area contributed by atoms with Gasteiger partial charge in [0, 0.05) is 30.8 Å². The predicted octanol–water partition coefficient (Wildman–Crippen LogP) is 2.53. The van der Waals surface area contributed by atoms with Crippen LogP contribution >= 0.6 is 0 Å². The SMILES string of the molecule is CC(C)C(=O)N1CCCC1CCc1noc(C2CC2)n1. The number of hydrogen-bond donors (Lipinski definition) is 0. The van der Waals surface area contributed by atoms with Gasteiger partial charge in [-0.3, -0.25) is 4.79 Å². The molecule has 3 rings (SSSR count). The van der Waals surface area contributed by atoms with Gasteiger partial charge in [-0.2, -0.15) is 4.98 Å². The Bertz CT molecular complexity index is 479. The minimum absolute atomic E-state index is 0.0854. The molecule has 0 aromatic carbocycles. The number of aryl methyl sites for hydroxylation is 1. The van der Waals surface area contributed by atoms with Crippen molar-refractivity contribution in [3.8, 4) is 0 Å². The molecule has 0 N–H and O–H groups in total. The number of rotatable bonds is 5. The maximum Gasteiger partial charge on any atom is 0.229 e. The summed E-state index contributed by atoms with van der Waals surface area (Å²) in [5.74, 6) is 2.49. The third kappa shape index (κ3) is 2.86. The van der Waals surface area contributed by atoms with Crippen molar-refractivity contribution in [3.63, 3.8) is 0 Å². The Hall–Kier alpha value is -1.39. The lowest BCUT2D eigenvalue weighted by Crippen LogP contribution is -2.38. The van der Waals surface area contributed by atoms with Crippen LogP contribution in [-0.2, 0) is 11.2 Å². The molecule has 1 aromatic heterocycles. The number of likely N-dealkylation sites (tertiary alicyclic amines) is 1. The molecule has 110 valence electrons. The van der Waals surface area contributed by atoms with E-state index in [2.05, 4.69) is 10.1 Å². The molecule has 1 atom stereocenters. The third-order valence-electron chi connectivity index (χ3n) is 4.27. The van der Waals surface area contributed by atoms with Gasteiger partial charge in [0.15, 0.2) is 5.82 Å². The molecule has 1 aromatic rings. The van der Waals surface area contributed by atoms with Gasteiger partial charge in [0.1, 0.15) is 0 Å². The molecule has 5 heteroatoms. The maximum absolute atomic E-state index is 12.1. The molecular weight excluding hydrogens is 254 g/mol. The monoisotopic (exact) mass is 277 g/mol. The van der Waals surface area contributed by atoms with E-state index in [1.165, 1.54) is 12.8 Å². The molecule has 1 amide bonds. The Labute approximate surface area is 119 Å². The number of amides is 1. The summed E-state index contributed by atoms with van der Waals surface area (Å²) in [5, 5.41) is 4.05. The standard InChI is InChI=1S/C15H23N3O2/c1-10(2)15(19)18-9-3-4-12(18)7-8-13-16-14(20-17-13)11-5-6-11/h10-12H,3-9H2,1-2H3. The van der Waals surface area contributed by atoms with E-state index in [4.69, 9.17) is 4.52 Å². The minimum atomic E-state index is 0.0854. The largest absolute Gasteiger partial charge is 0.339 e. The Kier molecular flexibility index (Phi) is 3.76. The van der Waals surface area contributed by atoms with Gasteiger partial charge >= 0.3 is 0 Å². The predicted molar refractivity (Wildman–Crippen MR) is 74.2 cm³/mol. The van der Waals surface area contributed by atoms with Crippen LogP contribution < -0.4 is 0 Å². The minimum Gasteiger partial charge on any atom is -0.339 e. The quantitative estimate of drug-likeness (QED) is 0.829. The van der Waals surface area contributed by atoms with E-state index in [1.54, 1.807) is 0 Å². The fourth-order valence-electron chi connectivity index (χ4n) is 2.92. The summed E-state index contributed by atoms with van der Waals surface area (Å²) in [4.78, 5) is 18.6. The molecule has 20 heavy (non-hydrogen) atoms. The average Bonchev–Trinajstić information content (AvgIpc) is 3.00. The molecule has 1 aliphatic carbocycles. The highest BCUT2D eigenvalue weighted by Crippen LogP contribution is 2.38. The van der Waals surface area contributed by atoms with Crippen LogP contribution in [-0.4, -0.2) is 33.5 Å². The summed E-state index contributed by atoms with van der Waals surface area (Å²) in [6, 6.07) is 0.354. The first kappa shape index (κ1) is 13.6. The number of carbonyl (C=O) groups is 1. The lowest BCUT2D eigenvalue weighted by atomic mass is 10.1. The fourth-order valence-corrected chi connectivity index (χ4v) is 2.92. The molecule has 0 radical (unpaired) electrons. The van der Waals surface area contributed by atoms with E-state index >= 15 is 0 Å². The van der Waals surface area contributed by atoms with E-state index in [1.807, 2.05) is 18.7 Å². The Balaban J connectivity index is 1.55. The van der Waals surface area contributed by atoms with Gasteiger partial charge in [-0.05, 0) is 32.1 Å². The van der Waals surface area contributed by atoms with Crippen LogP contribution in [0.2, 0.25) is 0 Å². The van der Waals surface area contributed by atoms with Crippen molar-refractivity contribution < 1.29 is 9.32 Å². The maximum atomic E-state index is 12.1. The average molecular weight is 277 g/mol. The second-order valence-corrected chi connectivity index (χ2v) is 6.34. The van der Waals surface area contributed by atoms with Crippen LogP contribution in [0.25, 0.3) is 0 Å². The van der Waals surface area contributed by atoms with Crippen molar-refractivity contribution in [1.82, 2.24) is 15.0 Å². The van der Waals surface area contributed by atoms with Gasteiger partial charge in [0.2, 0.25) is 11.8 Å². The highest BCUT2D eigenvalue weighted by atomic mass is 16.5. The molecule has 1 aliphatic heterocycles. The molecule has 5 nitrogen and oxygen atoms in total. The van der Waals surface area contributed by atoms with E-state index in [9.17, 15) is 4.79 Å². The first-order valence-corrected chi connectivity index (χ1v) is 7.78. The summed E-state index contributed by atoms with van der Waals surface area (Å²) in [5.41, 5.74) is 0. The second kappa shape index (κ2) is 5.54. The number of nitrogens with zero attached hydrogens (tertiary/aromatic N) is 3. The number of aromatic nitrogens is 2. The lowest BCUT2D eigenvalue weighted by Gasteiger charge is -2.26. The zero-order valence-electron chi connectivity index (χ0n) is 12.3. The van der Waals surface area contributed by atoms with E-state index in [0.29, 0.717) is 12.0 Å². The molecule has 0 spiro atoms. The van der Waals surface area contributed by atoms with Crippen molar-refractivity contribution in [2.45, 2.75) is 64.3 Å². The van der Waals surface area contributed by atoms with E-state index in [-0.39, 0.29) is 11.8 Å². The van der Waals surface area contributed by atoms with Gasteiger partial charge < -0.3 is 9.42 Å². The fraction of sp³-hybridized carbons (Fsp3) is 0.800. The molecule has 2 aliphatic rings. The summed E-state index contributed by atoms with van der Waals surface area (Å²) in [6.45, 7) is 4.85. The summed E-state index contributed by atoms with van der Waals surface area (Å²) in [6.07, 6.45) is 6.33. The molecule has 0 bridgehead atoms. The topological polar surface area (TPSA) is 59.2 Å². The van der Waals surface area contributed by atoms with Gasteiger partial charge in [0.25, 0.3) is 0 Å². The molecule has 1 unspecified atom stereocenters. The summed E-state index contributed by atoms with van der Waals surface area (Å²) >= 11 is 0. The zero-order chi connectivity index (χ0) is 14.1. The van der Waals surface area contributed by atoms with Crippen LogP contribution in [0.15, 0.2) is 4.52 Å². The van der Waals surface area contributed by atoms with E-state index < -0.39 is 0 Å². The highest BCUT2D eigenvalue weighted by molar-refractivity contribution is 5.78. The Morgan fingerprint density at radius 1 is 1.40 bits per heavy atom. The van der Waals surface area contributed by atoms with Crippen LogP contribution in [0.5, 0.6) is 0 Å². The van der Waals surface area contributed by atoms with Crippen molar-refractivity contribution in [2.24, 2.45) is 5.92 Å². The van der Waals surface area contributed by atoms with E-state index in [0.717, 1.165) is 43.9 Å². The van der Waals surface area contributed by atoms with Crippen LogP contribution in [0.1, 0.15) is 63.6 Å². The van der Waals surface area contributed by atoms with Crippen molar-refractivity contribution in [2.75, 3.05) is 6.54 Å². The van der Waals surface area contributed by atoms with Gasteiger partial charge in [-0.15, -0.1) is 0 Å². The first-order valence-electron chi connectivity index (χ1n) is 7.78. The summed E-state index contributed by atoms with van der Waals surface area (Å²) < 4.78 is 5.27. The zero-order valence-corrected chi connectivity index (χ0v) is 12.3. The van der Waals surface area contributed by atoms with Crippen LogP contribution in [0, 0.1) is 5.92 Å². The third-order valence-corrected chi connectivity index (χ3v) is 4.27. The first-order chi connectivity index (χ1) is 9.65. The Morgan fingerprint density at radius 3 is 2.90 bits per heavy atom. The molecule has 1 saturated carbocycles. The normalized spacial score (nSPS) is 22.8.